The maximum atomic E-state index is 12.6. The van der Waals surface area contributed by atoms with Crippen LogP contribution >= 0.6 is 0 Å². The lowest BCUT2D eigenvalue weighted by Gasteiger charge is -2.47. The second kappa shape index (κ2) is 11.7. The van der Waals surface area contributed by atoms with Crippen LogP contribution < -0.4 is 15.0 Å². The van der Waals surface area contributed by atoms with Crippen molar-refractivity contribution in [2.24, 2.45) is 0 Å². The molecule has 2 heterocycles. The van der Waals surface area contributed by atoms with E-state index in [4.69, 9.17) is 4.74 Å². The van der Waals surface area contributed by atoms with Gasteiger partial charge in [0.1, 0.15) is 22.9 Å². The first-order valence-corrected chi connectivity index (χ1v) is 12.3. The van der Waals surface area contributed by atoms with Gasteiger partial charge in [-0.15, -0.1) is 0 Å². The van der Waals surface area contributed by atoms with Gasteiger partial charge in [-0.3, -0.25) is 9.69 Å². The van der Waals surface area contributed by atoms with E-state index in [2.05, 4.69) is 40.0 Å². The Morgan fingerprint density at radius 2 is 1.91 bits per heavy atom. The minimum absolute atomic E-state index is 0.185. The summed E-state index contributed by atoms with van der Waals surface area (Å²) >= 11 is 0. The molecule has 0 aliphatic carbocycles. The van der Waals surface area contributed by atoms with E-state index in [0.29, 0.717) is 35.8 Å². The Hall–Kier alpha value is -3.58. The van der Waals surface area contributed by atoms with Crippen LogP contribution in [0.3, 0.4) is 0 Å². The molecule has 35 heavy (non-hydrogen) atoms. The third-order valence-corrected chi connectivity index (χ3v) is 6.52. The van der Waals surface area contributed by atoms with Crippen molar-refractivity contribution in [2.75, 3.05) is 31.1 Å². The van der Waals surface area contributed by atoms with E-state index in [1.807, 2.05) is 42.5 Å². The molecule has 1 amide bonds. The predicted molar refractivity (Wildman–Crippen MR) is 138 cm³/mol. The van der Waals surface area contributed by atoms with Crippen molar-refractivity contribution >= 4 is 11.6 Å². The molecular formula is C28H34N4O3. The van der Waals surface area contributed by atoms with Crippen LogP contribution in [-0.2, 0) is 0 Å². The molecule has 1 saturated heterocycles. The lowest BCUT2D eigenvalue weighted by atomic mass is 9.97. The van der Waals surface area contributed by atoms with Crippen LogP contribution in [0.2, 0.25) is 0 Å². The average molecular weight is 475 g/mol. The van der Waals surface area contributed by atoms with Gasteiger partial charge in [0.15, 0.2) is 0 Å². The summed E-state index contributed by atoms with van der Waals surface area (Å²) in [6, 6.07) is 21.1. The summed E-state index contributed by atoms with van der Waals surface area (Å²) in [5.74, 6) is 1.43. The van der Waals surface area contributed by atoms with E-state index in [9.17, 15) is 9.90 Å². The zero-order valence-corrected chi connectivity index (χ0v) is 20.4. The number of benzene rings is 2. The standard InChI is InChI=1S/C28H34N4O3/c1-3-8-27-21(2)32(22-9-7-10-23(33)19-22)18-17-31(27)16-15-29-28(34)26-14-13-25(20-30-26)35-24-11-5-4-6-12-24/h4-7,9-14,19-21,27,33H,3,8,15-18H2,1-2H3,(H,29,34)/t21-,27?/m0/s1. The molecule has 7 heteroatoms. The maximum absolute atomic E-state index is 12.6. The largest absolute Gasteiger partial charge is 0.508 e. The molecule has 7 nitrogen and oxygen atoms in total. The molecule has 1 fully saturated rings. The van der Waals surface area contributed by atoms with Crippen LogP contribution in [0.4, 0.5) is 5.69 Å². The first-order valence-electron chi connectivity index (χ1n) is 12.3. The molecule has 0 radical (unpaired) electrons. The molecule has 4 rings (SSSR count). The molecule has 2 aromatic carbocycles. The van der Waals surface area contributed by atoms with E-state index in [0.717, 1.165) is 43.9 Å². The first kappa shape index (κ1) is 24.5. The Bertz CT molecular complexity index is 1090. The van der Waals surface area contributed by atoms with Crippen molar-refractivity contribution in [1.82, 2.24) is 15.2 Å². The summed E-state index contributed by atoms with van der Waals surface area (Å²) in [7, 11) is 0. The summed E-state index contributed by atoms with van der Waals surface area (Å²) in [5, 5.41) is 12.9. The number of pyridine rings is 1. The molecule has 0 bridgehead atoms. The first-order chi connectivity index (χ1) is 17.0. The van der Waals surface area contributed by atoms with Crippen molar-refractivity contribution in [3.8, 4) is 17.2 Å². The number of hydrogen-bond donors (Lipinski definition) is 2. The lowest BCUT2D eigenvalue weighted by Crippen LogP contribution is -2.59. The van der Waals surface area contributed by atoms with Gasteiger partial charge >= 0.3 is 0 Å². The number of carbonyl (C=O) groups excluding carboxylic acids is 1. The van der Waals surface area contributed by atoms with Gasteiger partial charge in [0.2, 0.25) is 0 Å². The van der Waals surface area contributed by atoms with Crippen LogP contribution in [0.25, 0.3) is 0 Å². The number of amides is 1. The van der Waals surface area contributed by atoms with E-state index >= 15 is 0 Å². The minimum atomic E-state index is -0.185. The highest BCUT2D eigenvalue weighted by Gasteiger charge is 2.33. The number of carbonyl (C=O) groups is 1. The molecule has 184 valence electrons. The summed E-state index contributed by atoms with van der Waals surface area (Å²) < 4.78 is 5.75. The molecule has 0 saturated carbocycles. The fourth-order valence-electron chi connectivity index (χ4n) is 4.75. The topological polar surface area (TPSA) is 77.9 Å². The van der Waals surface area contributed by atoms with Gasteiger partial charge in [-0.05, 0) is 49.7 Å². The molecule has 2 atom stereocenters. The second-order valence-electron chi connectivity index (χ2n) is 8.90. The van der Waals surface area contributed by atoms with Crippen molar-refractivity contribution < 1.29 is 14.6 Å². The number of aromatic hydroxyl groups is 1. The van der Waals surface area contributed by atoms with E-state index in [1.54, 1.807) is 24.4 Å². The van der Waals surface area contributed by atoms with E-state index in [1.165, 1.54) is 0 Å². The minimum Gasteiger partial charge on any atom is -0.508 e. The van der Waals surface area contributed by atoms with Gasteiger partial charge < -0.3 is 20.1 Å². The summed E-state index contributed by atoms with van der Waals surface area (Å²) in [6.07, 6.45) is 3.74. The highest BCUT2D eigenvalue weighted by Crippen LogP contribution is 2.28. The van der Waals surface area contributed by atoms with Crippen molar-refractivity contribution in [3.63, 3.8) is 0 Å². The molecule has 1 aromatic heterocycles. The molecule has 1 aliphatic rings. The van der Waals surface area contributed by atoms with Gasteiger partial charge in [0.25, 0.3) is 5.91 Å². The highest BCUT2D eigenvalue weighted by atomic mass is 16.5. The smallest absolute Gasteiger partial charge is 0.269 e. The number of nitrogens with one attached hydrogen (secondary N) is 1. The Kier molecular flexibility index (Phi) is 8.21. The number of ether oxygens (including phenoxy) is 1. The summed E-state index contributed by atoms with van der Waals surface area (Å²) in [4.78, 5) is 21.7. The zero-order chi connectivity index (χ0) is 24.6. The zero-order valence-electron chi connectivity index (χ0n) is 20.4. The summed E-state index contributed by atoms with van der Waals surface area (Å²) in [5.41, 5.74) is 1.43. The maximum Gasteiger partial charge on any atom is 0.269 e. The van der Waals surface area contributed by atoms with Crippen molar-refractivity contribution in [2.45, 2.75) is 38.8 Å². The van der Waals surface area contributed by atoms with E-state index < -0.39 is 0 Å². The van der Waals surface area contributed by atoms with Gasteiger partial charge in [0, 0.05) is 50.0 Å². The fraction of sp³-hybridized carbons (Fsp3) is 0.357. The van der Waals surface area contributed by atoms with Crippen LogP contribution in [-0.4, -0.2) is 59.2 Å². The van der Waals surface area contributed by atoms with E-state index in [-0.39, 0.29) is 5.91 Å². The molecule has 0 spiro atoms. The average Bonchev–Trinajstić information content (AvgIpc) is 2.87. The SMILES string of the molecule is CCCC1[C@H](C)N(c2cccc(O)c2)CCN1CCNC(=O)c1ccc(Oc2ccccc2)cn1. The molecule has 2 N–H and O–H groups in total. The quantitative estimate of drug-likeness (QED) is 0.469. The lowest BCUT2D eigenvalue weighted by molar-refractivity contribution is 0.0927. The number of piperazine rings is 1. The van der Waals surface area contributed by atoms with Gasteiger partial charge in [0.05, 0.1) is 6.20 Å². The number of rotatable bonds is 9. The predicted octanol–water partition coefficient (Wildman–Crippen LogP) is 4.69. The number of nitrogens with zero attached hydrogens (tertiary/aromatic N) is 3. The number of phenolic OH excluding ortho intramolecular Hbond substituents is 1. The summed E-state index contributed by atoms with van der Waals surface area (Å²) in [6.45, 7) is 7.58. The molecule has 1 unspecified atom stereocenters. The number of aromatic nitrogens is 1. The van der Waals surface area contributed by atoms with Gasteiger partial charge in [-0.1, -0.05) is 37.6 Å². The van der Waals surface area contributed by atoms with Crippen LogP contribution in [0, 0.1) is 0 Å². The number of para-hydroxylation sites is 1. The van der Waals surface area contributed by atoms with Crippen LogP contribution in [0.15, 0.2) is 72.9 Å². The third-order valence-electron chi connectivity index (χ3n) is 6.52. The molecule has 3 aromatic rings. The number of anilines is 1. The Balaban J connectivity index is 1.30. The highest BCUT2D eigenvalue weighted by molar-refractivity contribution is 5.92. The Labute approximate surface area is 207 Å². The Morgan fingerprint density at radius 3 is 2.63 bits per heavy atom. The van der Waals surface area contributed by atoms with Gasteiger partial charge in [-0.2, -0.15) is 0 Å². The van der Waals surface area contributed by atoms with Crippen molar-refractivity contribution in [1.29, 1.82) is 0 Å². The van der Waals surface area contributed by atoms with Crippen LogP contribution in [0.5, 0.6) is 17.2 Å². The monoisotopic (exact) mass is 474 g/mol. The molecular weight excluding hydrogens is 440 g/mol. The van der Waals surface area contributed by atoms with Crippen molar-refractivity contribution in [3.05, 3.63) is 78.6 Å². The fourth-order valence-corrected chi connectivity index (χ4v) is 4.75. The second-order valence-corrected chi connectivity index (χ2v) is 8.90. The normalized spacial score (nSPS) is 18.3. The number of hydrogen-bond acceptors (Lipinski definition) is 6. The van der Waals surface area contributed by atoms with Crippen LogP contribution in [0.1, 0.15) is 37.2 Å². The third kappa shape index (κ3) is 6.31. The number of phenols is 1. The Morgan fingerprint density at radius 1 is 1.09 bits per heavy atom. The molecule has 1 aliphatic heterocycles. The van der Waals surface area contributed by atoms with Gasteiger partial charge in [-0.25, -0.2) is 4.98 Å².